The minimum absolute atomic E-state index is 0.0768. The first-order valence-corrected chi connectivity index (χ1v) is 10.1. The van der Waals surface area contributed by atoms with Crippen LogP contribution in [0.1, 0.15) is 31.9 Å². The van der Waals surface area contributed by atoms with Crippen LogP contribution in [0, 0.1) is 0 Å². The van der Waals surface area contributed by atoms with Gasteiger partial charge in [-0.2, -0.15) is 0 Å². The van der Waals surface area contributed by atoms with Crippen molar-refractivity contribution in [1.82, 2.24) is 4.90 Å². The monoisotopic (exact) mass is 427 g/mol. The molecule has 0 saturated heterocycles. The quantitative estimate of drug-likeness (QED) is 0.546. The van der Waals surface area contributed by atoms with E-state index in [9.17, 15) is 9.59 Å². The van der Waals surface area contributed by atoms with Crippen LogP contribution in [0.15, 0.2) is 48.5 Å². The molecule has 0 fully saturated rings. The maximum absolute atomic E-state index is 12.4. The van der Waals surface area contributed by atoms with Gasteiger partial charge in [-0.05, 0) is 50.1 Å². The van der Waals surface area contributed by atoms with Gasteiger partial charge in [0.1, 0.15) is 12.4 Å². The Morgan fingerprint density at radius 2 is 1.71 bits per heavy atom. The Morgan fingerprint density at radius 3 is 2.35 bits per heavy atom. The molecule has 0 aliphatic rings. The minimum Gasteiger partial charge on any atom is -0.496 e. The minimum atomic E-state index is -1.09. The number of methoxy groups -OCH3 is 1. The zero-order valence-electron chi connectivity index (χ0n) is 18.4. The summed E-state index contributed by atoms with van der Waals surface area (Å²) in [6.07, 6.45) is 1.57. The van der Waals surface area contributed by atoms with E-state index in [1.165, 1.54) is 0 Å². The zero-order valence-corrected chi connectivity index (χ0v) is 18.4. The van der Waals surface area contributed by atoms with Crippen molar-refractivity contribution >= 4 is 17.4 Å². The van der Waals surface area contributed by atoms with Gasteiger partial charge in [0.2, 0.25) is 5.91 Å². The summed E-state index contributed by atoms with van der Waals surface area (Å²) in [6.45, 7) is 6.65. The smallest absolute Gasteiger partial charge is 0.341 e. The van der Waals surface area contributed by atoms with Gasteiger partial charge in [0.05, 0.1) is 7.11 Å². The molecule has 166 valence electrons. The molecule has 0 unspecified atom stereocenters. The SMILES string of the molecule is CCN(CC)C(=O)C=C(C)c1ccc(OCc2ccccc2OC)c(OCC(=O)O)c1. The van der Waals surface area contributed by atoms with Crippen molar-refractivity contribution in [2.24, 2.45) is 0 Å². The fourth-order valence-electron chi connectivity index (χ4n) is 3.00. The molecule has 0 bridgehead atoms. The fraction of sp³-hybridized carbons (Fsp3) is 0.333. The van der Waals surface area contributed by atoms with Crippen LogP contribution >= 0.6 is 0 Å². The van der Waals surface area contributed by atoms with Crippen LogP contribution < -0.4 is 14.2 Å². The Morgan fingerprint density at radius 1 is 1.00 bits per heavy atom. The number of para-hydroxylation sites is 1. The molecular formula is C24H29NO6. The predicted octanol–water partition coefficient (Wildman–Crippen LogP) is 4.01. The molecule has 0 aromatic heterocycles. The summed E-state index contributed by atoms with van der Waals surface area (Å²) in [6, 6.07) is 12.7. The van der Waals surface area contributed by atoms with E-state index in [0.717, 1.165) is 16.7 Å². The Hall–Kier alpha value is -3.48. The number of hydrogen-bond acceptors (Lipinski definition) is 5. The molecule has 2 aromatic carbocycles. The Labute approximate surface area is 182 Å². The third-order valence-corrected chi connectivity index (χ3v) is 4.74. The summed E-state index contributed by atoms with van der Waals surface area (Å²) in [4.78, 5) is 25.1. The third kappa shape index (κ3) is 6.77. The van der Waals surface area contributed by atoms with E-state index in [1.54, 1.807) is 30.2 Å². The number of hydrogen-bond donors (Lipinski definition) is 1. The van der Waals surface area contributed by atoms with Gasteiger partial charge in [-0.1, -0.05) is 24.3 Å². The molecule has 0 saturated carbocycles. The fourth-order valence-corrected chi connectivity index (χ4v) is 3.00. The van der Waals surface area contributed by atoms with Crippen LogP contribution in [0.2, 0.25) is 0 Å². The number of carbonyl (C=O) groups excluding carboxylic acids is 1. The van der Waals surface area contributed by atoms with E-state index >= 15 is 0 Å². The van der Waals surface area contributed by atoms with Crippen molar-refractivity contribution < 1.29 is 28.9 Å². The maximum atomic E-state index is 12.4. The van der Waals surface area contributed by atoms with Gasteiger partial charge in [0.15, 0.2) is 18.1 Å². The van der Waals surface area contributed by atoms with Crippen LogP contribution in [0.25, 0.3) is 5.57 Å². The summed E-state index contributed by atoms with van der Waals surface area (Å²) in [5, 5.41) is 9.01. The Kier molecular flexibility index (Phi) is 8.94. The number of allylic oxidation sites excluding steroid dienone is 1. The maximum Gasteiger partial charge on any atom is 0.341 e. The standard InChI is InChI=1S/C24H29NO6/c1-5-25(6-2)23(26)13-17(3)18-11-12-21(22(14-18)31-16-24(27)28)30-15-19-9-7-8-10-20(19)29-4/h7-14H,5-6,15-16H2,1-4H3,(H,27,28). The number of carbonyl (C=O) groups is 2. The van der Waals surface area contributed by atoms with Crippen LogP contribution in [-0.4, -0.2) is 48.7 Å². The average Bonchev–Trinajstić information content (AvgIpc) is 2.77. The zero-order chi connectivity index (χ0) is 22.8. The van der Waals surface area contributed by atoms with Gasteiger partial charge < -0.3 is 24.2 Å². The number of ether oxygens (including phenoxy) is 3. The molecule has 1 N–H and O–H groups in total. The summed E-state index contributed by atoms with van der Waals surface area (Å²) >= 11 is 0. The number of carboxylic acid groups (broad SMARTS) is 1. The summed E-state index contributed by atoms with van der Waals surface area (Å²) in [5.74, 6) is 0.217. The van der Waals surface area contributed by atoms with Gasteiger partial charge in [-0.3, -0.25) is 4.79 Å². The number of likely N-dealkylation sites (N-methyl/N-ethyl adjacent to an activating group) is 1. The second kappa shape index (κ2) is 11.6. The molecule has 0 aliphatic carbocycles. The number of rotatable bonds is 11. The molecule has 7 heteroatoms. The first-order valence-electron chi connectivity index (χ1n) is 10.1. The average molecular weight is 427 g/mol. The third-order valence-electron chi connectivity index (χ3n) is 4.74. The van der Waals surface area contributed by atoms with Gasteiger partial charge in [0.25, 0.3) is 0 Å². The lowest BCUT2D eigenvalue weighted by Crippen LogP contribution is -2.28. The van der Waals surface area contributed by atoms with E-state index in [1.807, 2.05) is 51.1 Å². The number of benzene rings is 2. The van der Waals surface area contributed by atoms with Crippen molar-refractivity contribution in [2.45, 2.75) is 27.4 Å². The van der Waals surface area contributed by atoms with Crippen molar-refractivity contribution in [3.05, 3.63) is 59.7 Å². The number of carboxylic acids is 1. The molecule has 2 aromatic rings. The summed E-state index contributed by atoms with van der Waals surface area (Å²) in [5.41, 5.74) is 2.33. The molecule has 2 rings (SSSR count). The molecule has 7 nitrogen and oxygen atoms in total. The highest BCUT2D eigenvalue weighted by molar-refractivity contribution is 5.95. The van der Waals surface area contributed by atoms with E-state index in [0.29, 0.717) is 24.6 Å². The van der Waals surface area contributed by atoms with Crippen LogP contribution in [0.3, 0.4) is 0 Å². The Balaban J connectivity index is 2.28. The highest BCUT2D eigenvalue weighted by Gasteiger charge is 2.13. The molecule has 0 radical (unpaired) electrons. The summed E-state index contributed by atoms with van der Waals surface area (Å²) < 4.78 is 16.7. The molecule has 0 spiro atoms. The van der Waals surface area contributed by atoms with E-state index in [-0.39, 0.29) is 18.3 Å². The summed E-state index contributed by atoms with van der Waals surface area (Å²) in [7, 11) is 1.59. The van der Waals surface area contributed by atoms with E-state index in [4.69, 9.17) is 19.3 Å². The lowest BCUT2D eigenvalue weighted by molar-refractivity contribution is -0.139. The van der Waals surface area contributed by atoms with Gasteiger partial charge in [-0.25, -0.2) is 4.79 Å². The lowest BCUT2D eigenvalue weighted by atomic mass is 10.1. The van der Waals surface area contributed by atoms with Gasteiger partial charge in [-0.15, -0.1) is 0 Å². The predicted molar refractivity (Wildman–Crippen MR) is 118 cm³/mol. The molecule has 1 amide bonds. The van der Waals surface area contributed by atoms with Crippen LogP contribution in [-0.2, 0) is 16.2 Å². The van der Waals surface area contributed by atoms with Crippen molar-refractivity contribution in [1.29, 1.82) is 0 Å². The molecular weight excluding hydrogens is 398 g/mol. The molecule has 0 aliphatic heterocycles. The van der Waals surface area contributed by atoms with Crippen LogP contribution in [0.4, 0.5) is 0 Å². The highest BCUT2D eigenvalue weighted by Crippen LogP contribution is 2.32. The van der Waals surface area contributed by atoms with Crippen LogP contribution in [0.5, 0.6) is 17.2 Å². The first-order chi connectivity index (χ1) is 14.9. The second-order valence-electron chi connectivity index (χ2n) is 6.78. The Bertz CT molecular complexity index is 933. The largest absolute Gasteiger partial charge is 0.496 e. The topological polar surface area (TPSA) is 85.3 Å². The molecule has 31 heavy (non-hydrogen) atoms. The van der Waals surface area contributed by atoms with Crippen molar-refractivity contribution in [2.75, 3.05) is 26.8 Å². The van der Waals surface area contributed by atoms with Crippen molar-refractivity contribution in [3.63, 3.8) is 0 Å². The number of amides is 1. The first kappa shape index (κ1) is 23.8. The molecule has 0 atom stereocenters. The number of aliphatic carboxylic acids is 1. The highest BCUT2D eigenvalue weighted by atomic mass is 16.5. The van der Waals surface area contributed by atoms with Gasteiger partial charge >= 0.3 is 5.97 Å². The number of nitrogens with zero attached hydrogens (tertiary/aromatic N) is 1. The lowest BCUT2D eigenvalue weighted by Gasteiger charge is -2.17. The molecule has 0 heterocycles. The second-order valence-corrected chi connectivity index (χ2v) is 6.78. The van der Waals surface area contributed by atoms with E-state index in [2.05, 4.69) is 0 Å². The van der Waals surface area contributed by atoms with Crippen molar-refractivity contribution in [3.8, 4) is 17.2 Å². The normalized spacial score (nSPS) is 11.0. The van der Waals surface area contributed by atoms with E-state index < -0.39 is 12.6 Å². The van der Waals surface area contributed by atoms with Gasteiger partial charge in [0, 0.05) is 24.7 Å².